The molecule has 1 rings (SSSR count). The molecule has 0 radical (unpaired) electrons. The Hall–Kier alpha value is -0.410. The summed E-state index contributed by atoms with van der Waals surface area (Å²) >= 11 is 3.04. The number of aliphatic hydroxyl groups excluding tert-OH is 1. The van der Waals surface area contributed by atoms with E-state index in [1.807, 2.05) is 0 Å². The summed E-state index contributed by atoms with van der Waals surface area (Å²) in [5, 5.41) is 8.94. The summed E-state index contributed by atoms with van der Waals surface area (Å²) in [4.78, 5) is 0.0181. The number of aliphatic hydroxyl groups is 1. The minimum atomic E-state index is -3.64. The maximum atomic E-state index is 12.3. The number of nitrogens with zero attached hydrogens (tertiary/aromatic N) is 1. The Kier molecular flexibility index (Phi) is 5.80. The van der Waals surface area contributed by atoms with E-state index in [2.05, 4.69) is 15.9 Å². The van der Waals surface area contributed by atoms with Crippen molar-refractivity contribution in [3.8, 4) is 0 Å². The van der Waals surface area contributed by atoms with Crippen molar-refractivity contribution in [2.24, 2.45) is 0 Å². The van der Waals surface area contributed by atoms with Crippen LogP contribution < -0.4 is 0 Å². The van der Waals surface area contributed by atoms with Gasteiger partial charge in [-0.05, 0) is 15.9 Å². The first kappa shape index (κ1) is 15.6. The van der Waals surface area contributed by atoms with Crippen LogP contribution in [0.4, 0.5) is 0 Å². The molecular formula is C10H16BrNO5S. The maximum Gasteiger partial charge on any atom is 0.247 e. The molecule has 0 amide bonds. The third-order valence-corrected chi connectivity index (χ3v) is 5.21. The average molecular weight is 342 g/mol. The molecule has 18 heavy (non-hydrogen) atoms. The van der Waals surface area contributed by atoms with Crippen LogP contribution in [0.15, 0.2) is 20.0 Å². The number of halogens is 1. The molecule has 0 atom stereocenters. The first-order valence-corrected chi connectivity index (χ1v) is 7.58. The Labute approximate surface area is 115 Å². The molecule has 0 saturated heterocycles. The predicted octanol–water partition coefficient (Wildman–Crippen LogP) is 1.19. The van der Waals surface area contributed by atoms with Crippen LogP contribution in [-0.2, 0) is 21.4 Å². The molecule has 0 saturated carbocycles. The molecule has 0 aliphatic carbocycles. The summed E-state index contributed by atoms with van der Waals surface area (Å²) in [5.74, 6) is 0.197. The molecule has 0 unspecified atom stereocenters. The Morgan fingerprint density at radius 1 is 1.56 bits per heavy atom. The zero-order valence-electron chi connectivity index (χ0n) is 10.2. The number of ether oxygens (including phenoxy) is 1. The molecule has 1 heterocycles. The van der Waals surface area contributed by atoms with Gasteiger partial charge in [0.1, 0.15) is 17.3 Å². The largest absolute Gasteiger partial charge is 0.450 e. The lowest BCUT2D eigenvalue weighted by molar-refractivity contribution is 0.180. The summed E-state index contributed by atoms with van der Waals surface area (Å²) in [5.41, 5.74) is 0. The lowest BCUT2D eigenvalue weighted by atomic mass is 10.5. The molecule has 1 aromatic rings. The summed E-state index contributed by atoms with van der Waals surface area (Å²) in [6.07, 6.45) is 0. The standard InChI is InChI=1S/C10H16BrNO5S/c1-3-12(4-5-16-2)18(14,15)9-6-8(7-13)17-10(9)11/h6,13H,3-5,7H2,1-2H3. The van der Waals surface area contributed by atoms with E-state index in [0.29, 0.717) is 13.2 Å². The van der Waals surface area contributed by atoms with Crippen LogP contribution >= 0.6 is 15.9 Å². The second-order valence-corrected chi connectivity index (χ2v) is 6.12. The summed E-state index contributed by atoms with van der Waals surface area (Å²) < 4.78 is 36.0. The number of rotatable bonds is 7. The maximum absolute atomic E-state index is 12.3. The van der Waals surface area contributed by atoms with Crippen molar-refractivity contribution in [3.63, 3.8) is 0 Å². The van der Waals surface area contributed by atoms with Crippen LogP contribution in [0.2, 0.25) is 0 Å². The lowest BCUT2D eigenvalue weighted by Gasteiger charge is -2.19. The van der Waals surface area contributed by atoms with Crippen molar-refractivity contribution >= 4 is 26.0 Å². The topological polar surface area (TPSA) is 80.0 Å². The molecule has 0 fully saturated rings. The highest BCUT2D eigenvalue weighted by atomic mass is 79.9. The molecule has 104 valence electrons. The van der Waals surface area contributed by atoms with Gasteiger partial charge in [0.15, 0.2) is 4.67 Å². The van der Waals surface area contributed by atoms with Crippen molar-refractivity contribution in [1.82, 2.24) is 4.31 Å². The Bertz CT molecular complexity index is 484. The molecular weight excluding hydrogens is 326 g/mol. The summed E-state index contributed by atoms with van der Waals surface area (Å²) in [7, 11) is -2.13. The SMILES string of the molecule is CCN(CCOC)S(=O)(=O)c1cc(CO)oc1Br. The first-order chi connectivity index (χ1) is 8.47. The van der Waals surface area contributed by atoms with E-state index < -0.39 is 10.0 Å². The van der Waals surface area contributed by atoms with Gasteiger partial charge in [-0.2, -0.15) is 4.31 Å². The number of methoxy groups -OCH3 is 1. The highest BCUT2D eigenvalue weighted by molar-refractivity contribution is 9.10. The molecule has 0 spiro atoms. The average Bonchev–Trinajstić information content (AvgIpc) is 2.72. The van der Waals surface area contributed by atoms with Crippen LogP contribution in [0.25, 0.3) is 0 Å². The van der Waals surface area contributed by atoms with E-state index in [0.717, 1.165) is 0 Å². The minimum absolute atomic E-state index is 0.0181. The smallest absolute Gasteiger partial charge is 0.247 e. The molecule has 0 bridgehead atoms. The van der Waals surface area contributed by atoms with Gasteiger partial charge in [0.05, 0.1) is 6.61 Å². The van der Waals surface area contributed by atoms with Crippen LogP contribution in [0, 0.1) is 0 Å². The monoisotopic (exact) mass is 341 g/mol. The summed E-state index contributed by atoms with van der Waals surface area (Å²) in [6.45, 7) is 2.31. The molecule has 0 aliphatic rings. The van der Waals surface area contributed by atoms with E-state index in [1.165, 1.54) is 17.5 Å². The lowest BCUT2D eigenvalue weighted by Crippen LogP contribution is -2.33. The molecule has 0 aliphatic heterocycles. The number of hydrogen-bond acceptors (Lipinski definition) is 5. The zero-order valence-corrected chi connectivity index (χ0v) is 12.6. The van der Waals surface area contributed by atoms with E-state index in [1.54, 1.807) is 6.92 Å². The normalized spacial score (nSPS) is 12.3. The van der Waals surface area contributed by atoms with Gasteiger partial charge in [-0.3, -0.25) is 0 Å². The van der Waals surface area contributed by atoms with E-state index >= 15 is 0 Å². The predicted molar refractivity (Wildman–Crippen MR) is 68.6 cm³/mol. The fraction of sp³-hybridized carbons (Fsp3) is 0.600. The van der Waals surface area contributed by atoms with E-state index in [9.17, 15) is 8.42 Å². The molecule has 6 nitrogen and oxygen atoms in total. The van der Waals surface area contributed by atoms with E-state index in [4.69, 9.17) is 14.3 Å². The fourth-order valence-electron chi connectivity index (χ4n) is 1.43. The van der Waals surface area contributed by atoms with Crippen molar-refractivity contribution < 1.29 is 22.7 Å². The Morgan fingerprint density at radius 2 is 2.22 bits per heavy atom. The number of likely N-dealkylation sites (N-methyl/N-ethyl adjacent to an activating group) is 1. The van der Waals surface area contributed by atoms with Crippen LogP contribution in [0.5, 0.6) is 0 Å². The third kappa shape index (κ3) is 3.33. The van der Waals surface area contributed by atoms with E-state index in [-0.39, 0.29) is 28.5 Å². The first-order valence-electron chi connectivity index (χ1n) is 5.35. The van der Waals surface area contributed by atoms with Gasteiger partial charge >= 0.3 is 0 Å². The van der Waals surface area contributed by atoms with Crippen molar-refractivity contribution in [2.75, 3.05) is 26.8 Å². The Balaban J connectivity index is 3.06. The highest BCUT2D eigenvalue weighted by Crippen LogP contribution is 2.28. The quantitative estimate of drug-likeness (QED) is 0.805. The van der Waals surface area contributed by atoms with Crippen LogP contribution in [0.3, 0.4) is 0 Å². The fourth-order valence-corrected chi connectivity index (χ4v) is 3.83. The van der Waals surface area contributed by atoms with Crippen LogP contribution in [0.1, 0.15) is 12.7 Å². The van der Waals surface area contributed by atoms with Gasteiger partial charge in [0.25, 0.3) is 0 Å². The highest BCUT2D eigenvalue weighted by Gasteiger charge is 2.28. The second kappa shape index (κ2) is 6.67. The third-order valence-electron chi connectivity index (χ3n) is 2.38. The molecule has 8 heteroatoms. The number of furan rings is 1. The molecule has 0 aromatic carbocycles. The molecule has 1 N–H and O–H groups in total. The zero-order chi connectivity index (χ0) is 13.8. The van der Waals surface area contributed by atoms with Gasteiger partial charge < -0.3 is 14.3 Å². The summed E-state index contributed by atoms with van der Waals surface area (Å²) in [6, 6.07) is 1.31. The number of sulfonamides is 1. The number of hydrogen-bond donors (Lipinski definition) is 1. The van der Waals surface area contributed by atoms with Crippen LogP contribution in [-0.4, -0.2) is 44.6 Å². The van der Waals surface area contributed by atoms with Gasteiger partial charge in [-0.1, -0.05) is 6.92 Å². The molecule has 1 aromatic heterocycles. The van der Waals surface area contributed by atoms with Crippen molar-refractivity contribution in [3.05, 3.63) is 16.5 Å². The second-order valence-electron chi connectivity index (χ2n) is 3.50. The van der Waals surface area contributed by atoms with Gasteiger partial charge in [0.2, 0.25) is 10.0 Å². The minimum Gasteiger partial charge on any atom is -0.450 e. The van der Waals surface area contributed by atoms with Crippen molar-refractivity contribution in [1.29, 1.82) is 0 Å². The Morgan fingerprint density at radius 3 is 2.67 bits per heavy atom. The van der Waals surface area contributed by atoms with Gasteiger partial charge in [-0.15, -0.1) is 0 Å². The van der Waals surface area contributed by atoms with Crippen molar-refractivity contribution in [2.45, 2.75) is 18.4 Å². The van der Waals surface area contributed by atoms with Gasteiger partial charge in [0, 0.05) is 26.3 Å². The van der Waals surface area contributed by atoms with Gasteiger partial charge in [-0.25, -0.2) is 8.42 Å².